The summed E-state index contributed by atoms with van der Waals surface area (Å²) in [5.41, 5.74) is 2.13. The summed E-state index contributed by atoms with van der Waals surface area (Å²) in [4.78, 5) is 17.2. The van der Waals surface area contributed by atoms with Crippen molar-refractivity contribution in [3.8, 4) is 5.75 Å². The van der Waals surface area contributed by atoms with E-state index in [1.165, 1.54) is 7.11 Å². The van der Waals surface area contributed by atoms with Crippen LogP contribution >= 0.6 is 12.4 Å². The summed E-state index contributed by atoms with van der Waals surface area (Å²) < 4.78 is 9.88. The molecule has 1 aromatic carbocycles. The molecule has 134 valence electrons. The standard InChI is InChI=1S/C18H26N2O3.ClH/c1-4-10-20(11-5-2)12-9-14-13-19-15-7-6-8-16(17(14)15)23-18(21)22-3;/h6-8,13,19H,4-5,9-12H2,1-3H3;1H. The maximum Gasteiger partial charge on any atom is 0.513 e. The molecule has 2 rings (SSSR count). The van der Waals surface area contributed by atoms with Crippen molar-refractivity contribution in [1.29, 1.82) is 0 Å². The normalized spacial score (nSPS) is 10.7. The quantitative estimate of drug-likeness (QED) is 0.564. The first-order chi connectivity index (χ1) is 11.2. The molecule has 2 aromatic rings. The van der Waals surface area contributed by atoms with Crippen LogP contribution in [-0.4, -0.2) is 42.8 Å². The number of benzene rings is 1. The van der Waals surface area contributed by atoms with E-state index >= 15 is 0 Å². The Balaban J connectivity index is 0.00000288. The van der Waals surface area contributed by atoms with Gasteiger partial charge in [0.1, 0.15) is 5.75 Å². The number of methoxy groups -OCH3 is 1. The number of nitrogens with zero attached hydrogens (tertiary/aromatic N) is 1. The molecule has 0 amide bonds. The lowest BCUT2D eigenvalue weighted by Gasteiger charge is -2.20. The molecular weight excluding hydrogens is 328 g/mol. The number of carbonyl (C=O) groups is 1. The number of hydrogen-bond donors (Lipinski definition) is 1. The van der Waals surface area contributed by atoms with E-state index in [-0.39, 0.29) is 12.4 Å². The zero-order valence-corrected chi connectivity index (χ0v) is 15.4. The maximum absolute atomic E-state index is 11.4. The Morgan fingerprint density at radius 3 is 2.50 bits per heavy atom. The third-order valence-electron chi connectivity index (χ3n) is 3.89. The van der Waals surface area contributed by atoms with Gasteiger partial charge in [-0.25, -0.2) is 4.79 Å². The summed E-state index contributed by atoms with van der Waals surface area (Å²) in [6.45, 7) is 7.64. The van der Waals surface area contributed by atoms with E-state index in [2.05, 4.69) is 28.5 Å². The Labute approximate surface area is 149 Å². The minimum atomic E-state index is -0.691. The molecule has 0 saturated carbocycles. The summed E-state index contributed by atoms with van der Waals surface area (Å²) >= 11 is 0. The number of rotatable bonds is 8. The Hall–Kier alpha value is -1.72. The lowest BCUT2D eigenvalue weighted by atomic mass is 10.1. The molecule has 0 spiro atoms. The van der Waals surface area contributed by atoms with E-state index in [1.807, 2.05) is 18.3 Å². The van der Waals surface area contributed by atoms with Gasteiger partial charge in [0, 0.05) is 23.6 Å². The predicted octanol–water partition coefficient (Wildman–Crippen LogP) is 4.40. The second kappa shape index (κ2) is 10.2. The first-order valence-corrected chi connectivity index (χ1v) is 8.26. The van der Waals surface area contributed by atoms with E-state index in [0.717, 1.165) is 55.4 Å². The average molecular weight is 355 g/mol. The molecule has 5 nitrogen and oxygen atoms in total. The van der Waals surface area contributed by atoms with Crippen LogP contribution in [0.3, 0.4) is 0 Å². The monoisotopic (exact) mass is 354 g/mol. The predicted molar refractivity (Wildman–Crippen MR) is 99.3 cm³/mol. The molecule has 24 heavy (non-hydrogen) atoms. The fraction of sp³-hybridized carbons (Fsp3) is 0.500. The van der Waals surface area contributed by atoms with Crippen molar-refractivity contribution in [1.82, 2.24) is 9.88 Å². The number of H-pyrrole nitrogens is 1. The molecule has 1 aromatic heterocycles. The summed E-state index contributed by atoms with van der Waals surface area (Å²) in [7, 11) is 1.31. The van der Waals surface area contributed by atoms with Crippen LogP contribution in [0.1, 0.15) is 32.3 Å². The van der Waals surface area contributed by atoms with Gasteiger partial charge < -0.3 is 19.4 Å². The zero-order valence-electron chi connectivity index (χ0n) is 14.6. The van der Waals surface area contributed by atoms with Gasteiger partial charge in [0.25, 0.3) is 0 Å². The first-order valence-electron chi connectivity index (χ1n) is 8.26. The molecule has 0 bridgehead atoms. The largest absolute Gasteiger partial charge is 0.513 e. The third-order valence-corrected chi connectivity index (χ3v) is 3.89. The Morgan fingerprint density at radius 1 is 1.17 bits per heavy atom. The van der Waals surface area contributed by atoms with Gasteiger partial charge in [-0.1, -0.05) is 19.9 Å². The van der Waals surface area contributed by atoms with E-state index in [9.17, 15) is 4.79 Å². The number of ether oxygens (including phenoxy) is 2. The van der Waals surface area contributed by atoms with E-state index in [4.69, 9.17) is 4.74 Å². The average Bonchev–Trinajstić information content (AvgIpc) is 2.97. The van der Waals surface area contributed by atoms with Crippen molar-refractivity contribution in [3.05, 3.63) is 30.0 Å². The second-order valence-corrected chi connectivity index (χ2v) is 5.64. The summed E-state index contributed by atoms with van der Waals surface area (Å²) in [5, 5.41) is 0.964. The summed E-state index contributed by atoms with van der Waals surface area (Å²) in [6.07, 6.45) is 4.55. The van der Waals surface area contributed by atoms with Gasteiger partial charge >= 0.3 is 6.16 Å². The highest BCUT2D eigenvalue weighted by atomic mass is 35.5. The van der Waals surface area contributed by atoms with Crippen molar-refractivity contribution in [2.75, 3.05) is 26.7 Å². The molecule has 1 heterocycles. The highest BCUT2D eigenvalue weighted by molar-refractivity contribution is 5.90. The van der Waals surface area contributed by atoms with Crippen LogP contribution in [0.25, 0.3) is 10.9 Å². The van der Waals surface area contributed by atoms with Gasteiger partial charge in [-0.05, 0) is 50.0 Å². The molecule has 0 aliphatic carbocycles. The van der Waals surface area contributed by atoms with Crippen LogP contribution in [0.15, 0.2) is 24.4 Å². The minimum absolute atomic E-state index is 0. The lowest BCUT2D eigenvalue weighted by molar-refractivity contribution is 0.122. The van der Waals surface area contributed by atoms with Gasteiger partial charge in [0.05, 0.1) is 7.11 Å². The van der Waals surface area contributed by atoms with E-state index < -0.39 is 6.16 Å². The highest BCUT2D eigenvalue weighted by Crippen LogP contribution is 2.29. The maximum atomic E-state index is 11.4. The Bertz CT molecular complexity index is 636. The molecular formula is C18H27ClN2O3. The molecule has 0 aliphatic rings. The van der Waals surface area contributed by atoms with Crippen LogP contribution in [0.4, 0.5) is 4.79 Å². The number of hydrogen-bond acceptors (Lipinski definition) is 4. The first kappa shape index (κ1) is 20.3. The van der Waals surface area contributed by atoms with Crippen LogP contribution in [0, 0.1) is 0 Å². The number of aromatic amines is 1. The number of aromatic nitrogens is 1. The van der Waals surface area contributed by atoms with Crippen molar-refractivity contribution in [3.63, 3.8) is 0 Å². The van der Waals surface area contributed by atoms with Gasteiger partial charge in [0.15, 0.2) is 0 Å². The zero-order chi connectivity index (χ0) is 16.7. The molecule has 0 radical (unpaired) electrons. The summed E-state index contributed by atoms with van der Waals surface area (Å²) in [5.74, 6) is 0.545. The minimum Gasteiger partial charge on any atom is -0.437 e. The number of halogens is 1. The van der Waals surface area contributed by atoms with Crippen molar-refractivity contribution < 1.29 is 14.3 Å². The van der Waals surface area contributed by atoms with Crippen LogP contribution in [-0.2, 0) is 11.2 Å². The second-order valence-electron chi connectivity index (χ2n) is 5.64. The molecule has 0 saturated heterocycles. The van der Waals surface area contributed by atoms with Crippen molar-refractivity contribution in [2.24, 2.45) is 0 Å². The summed E-state index contributed by atoms with van der Waals surface area (Å²) in [6, 6.07) is 5.65. The number of carbonyl (C=O) groups excluding carboxylic acids is 1. The molecule has 6 heteroatoms. The van der Waals surface area contributed by atoms with Crippen LogP contribution < -0.4 is 4.74 Å². The molecule has 1 N–H and O–H groups in total. The topological polar surface area (TPSA) is 54.6 Å². The van der Waals surface area contributed by atoms with Gasteiger partial charge in [0.2, 0.25) is 0 Å². The number of fused-ring (bicyclic) bond motifs is 1. The van der Waals surface area contributed by atoms with Crippen LogP contribution in [0.2, 0.25) is 0 Å². The van der Waals surface area contributed by atoms with Gasteiger partial charge in [-0.2, -0.15) is 0 Å². The fourth-order valence-electron chi connectivity index (χ4n) is 2.88. The highest BCUT2D eigenvalue weighted by Gasteiger charge is 2.14. The van der Waals surface area contributed by atoms with Crippen molar-refractivity contribution in [2.45, 2.75) is 33.1 Å². The van der Waals surface area contributed by atoms with Crippen LogP contribution in [0.5, 0.6) is 5.75 Å². The SMILES string of the molecule is CCCN(CCC)CCc1c[nH]c2cccc(OC(=O)OC)c12.Cl. The fourth-order valence-corrected chi connectivity index (χ4v) is 2.88. The van der Waals surface area contributed by atoms with Gasteiger partial charge in [-0.3, -0.25) is 0 Å². The molecule has 0 aliphatic heterocycles. The Kier molecular flexibility index (Phi) is 8.65. The molecule has 0 atom stereocenters. The Morgan fingerprint density at radius 2 is 1.88 bits per heavy atom. The molecule has 0 fully saturated rings. The van der Waals surface area contributed by atoms with E-state index in [1.54, 1.807) is 6.07 Å². The van der Waals surface area contributed by atoms with Crippen molar-refractivity contribution >= 4 is 29.5 Å². The number of nitrogens with one attached hydrogen (secondary N) is 1. The lowest BCUT2D eigenvalue weighted by Crippen LogP contribution is -2.27. The smallest absolute Gasteiger partial charge is 0.437 e. The van der Waals surface area contributed by atoms with E-state index in [0.29, 0.717) is 5.75 Å². The third kappa shape index (κ3) is 5.14. The van der Waals surface area contributed by atoms with Gasteiger partial charge in [-0.15, -0.1) is 12.4 Å². The molecule has 0 unspecified atom stereocenters.